The van der Waals surface area contributed by atoms with Gasteiger partial charge >= 0.3 is 0 Å². The summed E-state index contributed by atoms with van der Waals surface area (Å²) in [5, 5.41) is 6.68. The number of nitrogens with zero attached hydrogens (tertiary/aromatic N) is 1. The van der Waals surface area contributed by atoms with Gasteiger partial charge in [-0.1, -0.05) is 13.8 Å². The van der Waals surface area contributed by atoms with Gasteiger partial charge in [-0.15, -0.1) is 0 Å². The largest absolute Gasteiger partial charge is 0.316 e. The van der Waals surface area contributed by atoms with Crippen LogP contribution in [0.5, 0.6) is 0 Å². The maximum Gasteiger partial charge on any atom is 0.0108 e. The summed E-state index contributed by atoms with van der Waals surface area (Å²) in [5.74, 6) is 0.938. The quantitative estimate of drug-likeness (QED) is 0.641. The number of rotatable bonds is 2. The normalized spacial score (nSPS) is 24.5. The molecule has 0 atom stereocenters. The topological polar surface area (TPSA) is 27.3 Å². The second-order valence-electron chi connectivity index (χ2n) is 3.57. The summed E-state index contributed by atoms with van der Waals surface area (Å²) in [6.45, 7) is 12.6. The van der Waals surface area contributed by atoms with E-state index in [0.717, 1.165) is 5.92 Å². The van der Waals surface area contributed by atoms with Crippen LogP contribution in [-0.2, 0) is 0 Å². The Morgan fingerprint density at radius 2 is 1.69 bits per heavy atom. The van der Waals surface area contributed by atoms with Crippen molar-refractivity contribution in [3.8, 4) is 0 Å². The van der Waals surface area contributed by atoms with Crippen LogP contribution in [0, 0.1) is 5.92 Å². The predicted molar refractivity (Wildman–Crippen MR) is 57.0 cm³/mol. The lowest BCUT2D eigenvalue weighted by Crippen LogP contribution is -2.52. The van der Waals surface area contributed by atoms with Crippen molar-refractivity contribution in [1.29, 1.82) is 0 Å². The molecule has 0 aromatic carbocycles. The highest BCUT2D eigenvalue weighted by atomic mass is 15.2. The molecular weight excluding hydrogens is 162 g/mol. The van der Waals surface area contributed by atoms with Crippen LogP contribution in [0.2, 0.25) is 0 Å². The molecule has 2 fully saturated rings. The molecule has 2 heterocycles. The summed E-state index contributed by atoms with van der Waals surface area (Å²) in [5.41, 5.74) is 0. The summed E-state index contributed by atoms with van der Waals surface area (Å²) in [7, 11) is 0. The first-order chi connectivity index (χ1) is 6.45. The molecule has 2 aliphatic rings. The van der Waals surface area contributed by atoms with Crippen LogP contribution < -0.4 is 10.6 Å². The van der Waals surface area contributed by atoms with Gasteiger partial charge in [0.15, 0.2) is 0 Å². The van der Waals surface area contributed by atoms with Gasteiger partial charge < -0.3 is 15.5 Å². The average Bonchev–Trinajstić information content (AvgIpc) is 2.17. The molecule has 0 unspecified atom stereocenters. The Labute approximate surface area is 81.9 Å². The third kappa shape index (κ3) is 3.63. The lowest BCUT2D eigenvalue weighted by atomic mass is 10.0. The van der Waals surface area contributed by atoms with E-state index in [1.54, 1.807) is 0 Å². The first-order valence-corrected chi connectivity index (χ1v) is 5.59. The van der Waals surface area contributed by atoms with E-state index in [1.807, 2.05) is 13.8 Å². The van der Waals surface area contributed by atoms with E-state index < -0.39 is 0 Å². The summed E-state index contributed by atoms with van der Waals surface area (Å²) in [4.78, 5) is 2.57. The van der Waals surface area contributed by atoms with Crippen molar-refractivity contribution in [2.24, 2.45) is 5.92 Å². The second kappa shape index (κ2) is 6.35. The molecule has 2 saturated heterocycles. The number of hydrogen-bond acceptors (Lipinski definition) is 3. The number of piperazine rings is 1. The third-order valence-corrected chi connectivity index (χ3v) is 2.59. The van der Waals surface area contributed by atoms with Crippen molar-refractivity contribution >= 4 is 0 Å². The SMILES string of the molecule is C1CN(CC2CNC2)CCN1.CC. The van der Waals surface area contributed by atoms with E-state index >= 15 is 0 Å². The summed E-state index contributed by atoms with van der Waals surface area (Å²) in [6, 6.07) is 0. The minimum absolute atomic E-state index is 0.938. The van der Waals surface area contributed by atoms with Crippen molar-refractivity contribution in [3.63, 3.8) is 0 Å². The summed E-state index contributed by atoms with van der Waals surface area (Å²) < 4.78 is 0. The molecule has 78 valence electrons. The Hall–Kier alpha value is -0.120. The Morgan fingerprint density at radius 3 is 2.15 bits per heavy atom. The van der Waals surface area contributed by atoms with Gasteiger partial charge in [0, 0.05) is 45.8 Å². The van der Waals surface area contributed by atoms with Crippen LogP contribution in [0.15, 0.2) is 0 Å². The molecule has 3 nitrogen and oxygen atoms in total. The Balaban J connectivity index is 0.000000396. The molecule has 2 rings (SSSR count). The van der Waals surface area contributed by atoms with Gasteiger partial charge in [0.1, 0.15) is 0 Å². The van der Waals surface area contributed by atoms with Crippen molar-refractivity contribution in [2.45, 2.75) is 13.8 Å². The molecule has 0 radical (unpaired) electrons. The molecule has 3 heteroatoms. The Bertz CT molecular complexity index is 117. The molecule has 0 spiro atoms. The summed E-state index contributed by atoms with van der Waals surface area (Å²) >= 11 is 0. The van der Waals surface area contributed by atoms with E-state index in [0.29, 0.717) is 0 Å². The minimum Gasteiger partial charge on any atom is -0.316 e. The van der Waals surface area contributed by atoms with Crippen LogP contribution in [0.4, 0.5) is 0 Å². The monoisotopic (exact) mass is 185 g/mol. The fourth-order valence-electron chi connectivity index (χ4n) is 1.74. The van der Waals surface area contributed by atoms with Crippen LogP contribution in [0.3, 0.4) is 0 Å². The zero-order valence-corrected chi connectivity index (χ0v) is 8.97. The van der Waals surface area contributed by atoms with Gasteiger partial charge in [-0.2, -0.15) is 0 Å². The van der Waals surface area contributed by atoms with Crippen molar-refractivity contribution in [1.82, 2.24) is 15.5 Å². The van der Waals surface area contributed by atoms with Gasteiger partial charge in [-0.3, -0.25) is 0 Å². The summed E-state index contributed by atoms with van der Waals surface area (Å²) in [6.07, 6.45) is 0. The zero-order chi connectivity index (χ0) is 9.52. The molecule has 0 aliphatic carbocycles. The molecule has 0 amide bonds. The highest BCUT2D eigenvalue weighted by molar-refractivity contribution is 4.79. The fourth-order valence-corrected chi connectivity index (χ4v) is 1.74. The third-order valence-electron chi connectivity index (χ3n) is 2.59. The molecule has 0 aromatic heterocycles. The molecule has 2 aliphatic heterocycles. The van der Waals surface area contributed by atoms with Crippen LogP contribution in [0.25, 0.3) is 0 Å². The van der Waals surface area contributed by atoms with Crippen molar-refractivity contribution in [2.75, 3.05) is 45.8 Å². The van der Waals surface area contributed by atoms with Crippen LogP contribution >= 0.6 is 0 Å². The minimum atomic E-state index is 0.938. The van der Waals surface area contributed by atoms with E-state index in [9.17, 15) is 0 Å². The molecule has 2 N–H and O–H groups in total. The van der Waals surface area contributed by atoms with E-state index in [2.05, 4.69) is 15.5 Å². The van der Waals surface area contributed by atoms with E-state index in [-0.39, 0.29) is 0 Å². The molecule has 0 bridgehead atoms. The molecule has 0 aromatic rings. The van der Waals surface area contributed by atoms with Crippen LogP contribution in [0.1, 0.15) is 13.8 Å². The average molecular weight is 185 g/mol. The van der Waals surface area contributed by atoms with Gasteiger partial charge in [-0.25, -0.2) is 0 Å². The van der Waals surface area contributed by atoms with Crippen LogP contribution in [-0.4, -0.2) is 50.7 Å². The highest BCUT2D eigenvalue weighted by Gasteiger charge is 2.20. The first kappa shape index (κ1) is 11.0. The molecule has 13 heavy (non-hydrogen) atoms. The lowest BCUT2D eigenvalue weighted by Gasteiger charge is -2.35. The predicted octanol–water partition coefficient (Wildman–Crippen LogP) is 0.137. The maximum atomic E-state index is 3.37. The van der Waals surface area contributed by atoms with Gasteiger partial charge in [-0.05, 0) is 5.92 Å². The second-order valence-corrected chi connectivity index (χ2v) is 3.57. The van der Waals surface area contributed by atoms with Crippen molar-refractivity contribution < 1.29 is 0 Å². The van der Waals surface area contributed by atoms with E-state index in [4.69, 9.17) is 0 Å². The molecule has 0 saturated carbocycles. The standard InChI is InChI=1S/C8H17N3.C2H6/c1-3-11(4-2-9-1)7-8-5-10-6-8;1-2/h8-10H,1-7H2;1-2H3. The maximum absolute atomic E-state index is 3.37. The molecular formula is C10H23N3. The van der Waals surface area contributed by atoms with E-state index in [1.165, 1.54) is 45.8 Å². The highest BCUT2D eigenvalue weighted by Crippen LogP contribution is 2.05. The van der Waals surface area contributed by atoms with Gasteiger partial charge in [0.2, 0.25) is 0 Å². The lowest BCUT2D eigenvalue weighted by molar-refractivity contribution is 0.175. The first-order valence-electron chi connectivity index (χ1n) is 5.59. The zero-order valence-electron chi connectivity index (χ0n) is 8.97. The Morgan fingerprint density at radius 1 is 1.08 bits per heavy atom. The number of nitrogens with one attached hydrogen (secondary N) is 2. The van der Waals surface area contributed by atoms with Gasteiger partial charge in [0.25, 0.3) is 0 Å². The number of hydrogen-bond donors (Lipinski definition) is 2. The fraction of sp³-hybridized carbons (Fsp3) is 1.00. The Kier molecular flexibility index (Phi) is 5.35. The van der Waals surface area contributed by atoms with Gasteiger partial charge in [0.05, 0.1) is 0 Å². The van der Waals surface area contributed by atoms with Crippen molar-refractivity contribution in [3.05, 3.63) is 0 Å². The smallest absolute Gasteiger partial charge is 0.0108 e.